The molecule has 2 fully saturated rings. The number of esters is 1. The summed E-state index contributed by atoms with van der Waals surface area (Å²) in [6, 6.07) is 4.80. The molecule has 8 nitrogen and oxygen atoms in total. The number of sulfone groups is 1. The van der Waals surface area contributed by atoms with Gasteiger partial charge in [-0.25, -0.2) is 8.42 Å². The van der Waals surface area contributed by atoms with E-state index < -0.39 is 9.84 Å². The molecule has 1 amide bonds. The Bertz CT molecular complexity index is 1020. The Morgan fingerprint density at radius 1 is 1.29 bits per heavy atom. The zero-order valence-electron chi connectivity index (χ0n) is 17.0. The summed E-state index contributed by atoms with van der Waals surface area (Å²) in [4.78, 5) is 31.1. The highest BCUT2D eigenvalue weighted by molar-refractivity contribution is 8.15. The van der Waals surface area contributed by atoms with E-state index >= 15 is 0 Å². The summed E-state index contributed by atoms with van der Waals surface area (Å²) < 4.78 is 28.5. The molecule has 3 aliphatic heterocycles. The van der Waals surface area contributed by atoms with Crippen LogP contribution in [0.15, 0.2) is 23.2 Å². The van der Waals surface area contributed by atoms with Crippen molar-refractivity contribution in [1.82, 2.24) is 4.90 Å². The van der Waals surface area contributed by atoms with Crippen molar-refractivity contribution in [2.45, 2.75) is 31.1 Å². The Kier molecular flexibility index (Phi) is 6.50. The second-order valence-corrected chi connectivity index (χ2v) is 11.7. The van der Waals surface area contributed by atoms with Crippen LogP contribution in [0.3, 0.4) is 0 Å². The van der Waals surface area contributed by atoms with E-state index in [9.17, 15) is 18.0 Å². The van der Waals surface area contributed by atoms with Crippen molar-refractivity contribution in [3.8, 4) is 0 Å². The van der Waals surface area contributed by atoms with Crippen molar-refractivity contribution in [3.05, 3.63) is 28.8 Å². The Morgan fingerprint density at radius 3 is 2.71 bits per heavy atom. The number of halogens is 1. The van der Waals surface area contributed by atoms with E-state index in [-0.39, 0.29) is 40.6 Å². The molecule has 0 aliphatic carbocycles. The lowest BCUT2D eigenvalue weighted by Crippen LogP contribution is -2.40. The Morgan fingerprint density at radius 2 is 2.03 bits per heavy atom. The number of carbonyl (C=O) groups excluding carboxylic acids is 2. The first-order valence-electron chi connectivity index (χ1n) is 10.2. The molecule has 0 unspecified atom stereocenters. The normalized spacial score (nSPS) is 25.1. The molecule has 1 aromatic rings. The van der Waals surface area contributed by atoms with Crippen molar-refractivity contribution in [3.63, 3.8) is 0 Å². The summed E-state index contributed by atoms with van der Waals surface area (Å²) in [6.07, 6.45) is 1.17. The van der Waals surface area contributed by atoms with Crippen LogP contribution in [0.1, 0.15) is 30.1 Å². The number of benzene rings is 1. The van der Waals surface area contributed by atoms with E-state index in [4.69, 9.17) is 16.3 Å². The number of hydrogen-bond acceptors (Lipinski definition) is 8. The number of aliphatic imine (C=N–C) groups is 1. The number of piperidine rings is 1. The molecule has 31 heavy (non-hydrogen) atoms. The van der Waals surface area contributed by atoms with Gasteiger partial charge >= 0.3 is 5.97 Å². The lowest BCUT2D eigenvalue weighted by atomic mass is 9.96. The van der Waals surface area contributed by atoms with Gasteiger partial charge in [0, 0.05) is 23.9 Å². The van der Waals surface area contributed by atoms with E-state index in [1.165, 1.54) is 11.8 Å². The molecular formula is C20H24ClN3O5S2. The fraction of sp³-hybridized carbons (Fsp3) is 0.550. The van der Waals surface area contributed by atoms with Gasteiger partial charge in [-0.15, -0.1) is 0 Å². The van der Waals surface area contributed by atoms with Gasteiger partial charge < -0.3 is 15.0 Å². The minimum absolute atomic E-state index is 0.0724. The van der Waals surface area contributed by atoms with Crippen LogP contribution in [-0.4, -0.2) is 72.9 Å². The highest BCUT2D eigenvalue weighted by atomic mass is 35.5. The molecule has 0 aromatic heterocycles. The Balaban J connectivity index is 1.40. The fourth-order valence-electron chi connectivity index (χ4n) is 4.05. The van der Waals surface area contributed by atoms with Gasteiger partial charge in [-0.3, -0.25) is 14.6 Å². The fourth-order valence-corrected chi connectivity index (χ4v) is 7.88. The molecule has 3 heterocycles. The van der Waals surface area contributed by atoms with Crippen LogP contribution >= 0.6 is 23.4 Å². The van der Waals surface area contributed by atoms with Crippen LogP contribution in [-0.2, 0) is 19.4 Å². The summed E-state index contributed by atoms with van der Waals surface area (Å²) in [5.74, 6) is -0.271. The van der Waals surface area contributed by atoms with Crippen molar-refractivity contribution in [2.75, 3.05) is 36.5 Å². The highest BCUT2D eigenvalue weighted by Gasteiger charge is 2.42. The molecule has 1 N–H and O–H groups in total. The quantitative estimate of drug-likeness (QED) is 0.653. The van der Waals surface area contributed by atoms with Gasteiger partial charge in [0.05, 0.1) is 40.8 Å². The zero-order chi connectivity index (χ0) is 22.2. The SMILES string of the molecule is CCOC(=O)C1CCN(C(=O)c2ccc(Cl)c(NC3=N[C@H]4CS(=O)(=O)C[C@H]4S3)c2)CC1. The van der Waals surface area contributed by atoms with Crippen LogP contribution in [0.2, 0.25) is 5.02 Å². The number of fused-ring (bicyclic) bond motifs is 1. The van der Waals surface area contributed by atoms with E-state index in [1.807, 2.05) is 0 Å². The second-order valence-electron chi connectivity index (χ2n) is 7.87. The summed E-state index contributed by atoms with van der Waals surface area (Å²) in [5.41, 5.74) is 1.05. The number of hydrogen-bond donors (Lipinski definition) is 1. The van der Waals surface area contributed by atoms with E-state index in [2.05, 4.69) is 10.3 Å². The van der Waals surface area contributed by atoms with Gasteiger partial charge in [0.15, 0.2) is 15.0 Å². The first-order valence-corrected chi connectivity index (χ1v) is 13.3. The number of ether oxygens (including phenoxy) is 1. The van der Waals surface area contributed by atoms with Crippen molar-refractivity contribution < 1.29 is 22.7 Å². The lowest BCUT2D eigenvalue weighted by Gasteiger charge is -2.31. The number of likely N-dealkylation sites (tertiary alicyclic amines) is 1. The van der Waals surface area contributed by atoms with Gasteiger partial charge in [0.1, 0.15) is 0 Å². The predicted molar refractivity (Wildman–Crippen MR) is 122 cm³/mol. The molecule has 4 rings (SSSR count). The minimum Gasteiger partial charge on any atom is -0.466 e. The Hall–Kier alpha value is -1.78. The molecule has 3 aliphatic rings. The molecule has 0 saturated carbocycles. The molecule has 0 bridgehead atoms. The molecule has 1 aromatic carbocycles. The van der Waals surface area contributed by atoms with E-state index in [1.54, 1.807) is 30.0 Å². The molecule has 11 heteroatoms. The van der Waals surface area contributed by atoms with Gasteiger partial charge in [0.2, 0.25) is 0 Å². The summed E-state index contributed by atoms with van der Waals surface area (Å²) in [5, 5.41) is 4.15. The average Bonchev–Trinajstić information content (AvgIpc) is 3.22. The van der Waals surface area contributed by atoms with Crippen LogP contribution < -0.4 is 5.32 Å². The van der Waals surface area contributed by atoms with Gasteiger partial charge in [-0.1, -0.05) is 23.4 Å². The third-order valence-electron chi connectivity index (χ3n) is 5.68. The summed E-state index contributed by atoms with van der Waals surface area (Å²) >= 11 is 7.71. The predicted octanol–water partition coefficient (Wildman–Crippen LogP) is 2.44. The standard InChI is InChI=1S/C20H24ClN3O5S2/c1-2-29-19(26)12-5-7-24(8-6-12)18(25)13-3-4-14(21)15(9-13)22-20-23-16-10-31(27,28)11-17(16)30-20/h3-4,9,12,16-17H,2,5-8,10-11H2,1H3,(H,22,23)/t16-,17+/m0/s1. The minimum atomic E-state index is -3.01. The topological polar surface area (TPSA) is 105 Å². The molecule has 168 valence electrons. The monoisotopic (exact) mass is 485 g/mol. The third-order valence-corrected chi connectivity index (χ3v) is 9.15. The number of carbonyl (C=O) groups is 2. The molecule has 0 radical (unpaired) electrons. The third kappa shape index (κ3) is 5.01. The number of nitrogens with zero attached hydrogens (tertiary/aromatic N) is 2. The average molecular weight is 486 g/mol. The van der Waals surface area contributed by atoms with Gasteiger partial charge in [0.25, 0.3) is 5.91 Å². The number of anilines is 1. The number of amidine groups is 1. The zero-order valence-corrected chi connectivity index (χ0v) is 19.4. The summed E-state index contributed by atoms with van der Waals surface area (Å²) in [7, 11) is -3.01. The molecule has 0 spiro atoms. The van der Waals surface area contributed by atoms with Crippen molar-refractivity contribution >= 4 is 55.9 Å². The maximum absolute atomic E-state index is 13.0. The number of amides is 1. The van der Waals surface area contributed by atoms with Crippen LogP contribution in [0, 0.1) is 5.92 Å². The van der Waals surface area contributed by atoms with Crippen LogP contribution in [0.4, 0.5) is 5.69 Å². The van der Waals surface area contributed by atoms with Crippen LogP contribution in [0.5, 0.6) is 0 Å². The number of thioether (sulfide) groups is 1. The highest BCUT2D eigenvalue weighted by Crippen LogP contribution is 2.36. The van der Waals surface area contributed by atoms with E-state index in [0.717, 1.165) is 0 Å². The van der Waals surface area contributed by atoms with E-state index in [0.29, 0.717) is 54.0 Å². The van der Waals surface area contributed by atoms with Crippen molar-refractivity contribution in [1.29, 1.82) is 0 Å². The first kappa shape index (κ1) is 22.4. The van der Waals surface area contributed by atoms with Gasteiger partial charge in [-0.2, -0.15) is 0 Å². The maximum Gasteiger partial charge on any atom is 0.309 e. The molecule has 2 saturated heterocycles. The lowest BCUT2D eigenvalue weighted by molar-refractivity contribution is -0.149. The summed E-state index contributed by atoms with van der Waals surface area (Å²) in [6.45, 7) is 3.13. The maximum atomic E-state index is 13.0. The largest absolute Gasteiger partial charge is 0.466 e. The van der Waals surface area contributed by atoms with Gasteiger partial charge in [-0.05, 0) is 38.0 Å². The molecule has 2 atom stereocenters. The smallest absolute Gasteiger partial charge is 0.309 e. The first-order chi connectivity index (χ1) is 14.8. The van der Waals surface area contributed by atoms with Crippen molar-refractivity contribution in [2.24, 2.45) is 10.9 Å². The molecular weight excluding hydrogens is 462 g/mol. The van der Waals surface area contributed by atoms with Crippen LogP contribution in [0.25, 0.3) is 0 Å². The number of nitrogens with one attached hydrogen (secondary N) is 1. The number of rotatable bonds is 4. The second kappa shape index (κ2) is 8.99. The Labute approximate surface area is 190 Å².